The Morgan fingerprint density at radius 3 is 2.38 bits per heavy atom. The topological polar surface area (TPSA) is 78.4 Å². The van der Waals surface area contributed by atoms with E-state index in [-0.39, 0.29) is 18.2 Å². The third-order valence-corrected chi connectivity index (χ3v) is 4.68. The molecule has 2 rings (SSSR count). The second-order valence-corrected chi connectivity index (χ2v) is 8.43. The smallest absolute Gasteiger partial charge is 0.410 e. The molecular weight excluding hydrogens is 370 g/mol. The first-order valence-electron chi connectivity index (χ1n) is 9.88. The minimum atomic E-state index is -0.476. The van der Waals surface area contributed by atoms with Gasteiger partial charge in [0, 0.05) is 26.7 Å². The molecular formula is C21H35N5O3. The van der Waals surface area contributed by atoms with Crippen LogP contribution in [0.15, 0.2) is 29.3 Å². The Kier molecular flexibility index (Phi) is 7.73. The lowest BCUT2D eigenvalue weighted by molar-refractivity contribution is 0.00700. The molecule has 162 valence electrons. The normalized spacial score (nSPS) is 16.3. The molecule has 0 bridgehead atoms. The Bertz CT molecular complexity index is 691. The first-order chi connectivity index (χ1) is 13.6. The summed E-state index contributed by atoms with van der Waals surface area (Å²) in [5.74, 6) is 1.57. The van der Waals surface area contributed by atoms with Gasteiger partial charge in [-0.15, -0.1) is 0 Å². The monoisotopic (exact) mass is 405 g/mol. The van der Waals surface area contributed by atoms with Crippen LogP contribution in [0.5, 0.6) is 5.75 Å². The van der Waals surface area contributed by atoms with Crippen LogP contribution in [0.25, 0.3) is 0 Å². The summed E-state index contributed by atoms with van der Waals surface area (Å²) in [4.78, 5) is 20.2. The first-order valence-corrected chi connectivity index (χ1v) is 9.88. The number of hydrogen-bond acceptors (Lipinski definition) is 5. The van der Waals surface area contributed by atoms with Crippen LogP contribution in [0.1, 0.15) is 32.4 Å². The third-order valence-electron chi connectivity index (χ3n) is 4.68. The van der Waals surface area contributed by atoms with E-state index in [1.807, 2.05) is 32.9 Å². The van der Waals surface area contributed by atoms with Crippen molar-refractivity contribution in [3.8, 4) is 5.75 Å². The number of nitrogens with one attached hydrogen (secondary N) is 2. The Hall–Kier alpha value is -2.48. The van der Waals surface area contributed by atoms with Crippen LogP contribution in [0.3, 0.4) is 0 Å². The standard InChI is InChI=1S/C21H35N5O3/c1-21(2,3)29-20(27)26-13-16(14-26)24-19(22-4)23-12-18(25(5)6)15-8-10-17(28-7)11-9-15/h8-11,16,18H,12-14H2,1-7H3,(H2,22,23,24). The molecule has 1 amide bonds. The zero-order valence-electron chi connectivity index (χ0n) is 18.7. The van der Waals surface area contributed by atoms with Crippen molar-refractivity contribution < 1.29 is 14.3 Å². The van der Waals surface area contributed by atoms with Crippen molar-refractivity contribution >= 4 is 12.1 Å². The van der Waals surface area contributed by atoms with E-state index in [1.54, 1.807) is 19.1 Å². The van der Waals surface area contributed by atoms with Gasteiger partial charge in [0.25, 0.3) is 0 Å². The van der Waals surface area contributed by atoms with Gasteiger partial charge in [-0.05, 0) is 52.6 Å². The number of amides is 1. The first kappa shape index (κ1) is 22.8. The molecule has 2 N–H and O–H groups in total. The van der Waals surface area contributed by atoms with Crippen LogP contribution in [0.4, 0.5) is 4.79 Å². The highest BCUT2D eigenvalue weighted by Gasteiger charge is 2.34. The number of methoxy groups -OCH3 is 1. The second kappa shape index (κ2) is 9.82. The summed E-state index contributed by atoms with van der Waals surface area (Å²) >= 11 is 0. The molecule has 1 atom stereocenters. The SMILES string of the molecule is CN=C(NCC(c1ccc(OC)cc1)N(C)C)NC1CN(C(=O)OC(C)(C)C)C1. The summed E-state index contributed by atoms with van der Waals surface area (Å²) in [7, 11) is 7.52. The van der Waals surface area contributed by atoms with Crippen LogP contribution in [-0.2, 0) is 4.74 Å². The van der Waals surface area contributed by atoms with Gasteiger partial charge in [-0.25, -0.2) is 4.79 Å². The molecule has 1 aliphatic rings. The van der Waals surface area contributed by atoms with Gasteiger partial charge in [-0.3, -0.25) is 4.99 Å². The maximum absolute atomic E-state index is 12.1. The zero-order valence-corrected chi connectivity index (χ0v) is 18.7. The fourth-order valence-electron chi connectivity index (χ4n) is 3.05. The van der Waals surface area contributed by atoms with Crippen LogP contribution in [0, 0.1) is 0 Å². The quantitative estimate of drug-likeness (QED) is 0.557. The molecule has 29 heavy (non-hydrogen) atoms. The van der Waals surface area contributed by atoms with Gasteiger partial charge in [0.1, 0.15) is 11.4 Å². The lowest BCUT2D eigenvalue weighted by Gasteiger charge is -2.40. The number of ether oxygens (including phenoxy) is 2. The highest BCUT2D eigenvalue weighted by atomic mass is 16.6. The van der Waals surface area contributed by atoms with Gasteiger partial charge < -0.3 is 29.9 Å². The van der Waals surface area contributed by atoms with E-state index in [1.165, 1.54) is 5.56 Å². The average Bonchev–Trinajstić information content (AvgIpc) is 2.61. The highest BCUT2D eigenvalue weighted by Crippen LogP contribution is 2.21. The van der Waals surface area contributed by atoms with Crippen molar-refractivity contribution in [3.63, 3.8) is 0 Å². The Morgan fingerprint density at radius 1 is 1.28 bits per heavy atom. The van der Waals surface area contributed by atoms with E-state index >= 15 is 0 Å². The fraction of sp³-hybridized carbons (Fsp3) is 0.619. The van der Waals surface area contributed by atoms with E-state index in [0.29, 0.717) is 19.6 Å². The second-order valence-electron chi connectivity index (χ2n) is 8.43. The molecule has 1 aromatic carbocycles. The molecule has 8 nitrogen and oxygen atoms in total. The Balaban J connectivity index is 1.84. The maximum atomic E-state index is 12.1. The molecule has 0 radical (unpaired) electrons. The van der Waals surface area contributed by atoms with E-state index < -0.39 is 5.60 Å². The molecule has 0 saturated carbocycles. The van der Waals surface area contributed by atoms with Gasteiger partial charge in [-0.1, -0.05) is 12.1 Å². The number of likely N-dealkylation sites (N-methyl/N-ethyl adjacent to an activating group) is 1. The summed E-state index contributed by atoms with van der Waals surface area (Å²) < 4.78 is 10.6. The molecule has 8 heteroatoms. The molecule has 1 aromatic rings. The third kappa shape index (κ3) is 6.81. The molecule has 1 fully saturated rings. The zero-order chi connectivity index (χ0) is 21.6. The minimum absolute atomic E-state index is 0.160. The van der Waals surface area contributed by atoms with Gasteiger partial charge in [0.15, 0.2) is 5.96 Å². The summed E-state index contributed by atoms with van der Waals surface area (Å²) in [6.45, 7) is 7.51. The number of aliphatic imine (C=N–C) groups is 1. The lowest BCUT2D eigenvalue weighted by atomic mass is 10.1. The average molecular weight is 406 g/mol. The highest BCUT2D eigenvalue weighted by molar-refractivity contribution is 5.80. The minimum Gasteiger partial charge on any atom is -0.497 e. The van der Waals surface area contributed by atoms with Crippen LogP contribution in [0.2, 0.25) is 0 Å². The van der Waals surface area contributed by atoms with Gasteiger partial charge >= 0.3 is 6.09 Å². The summed E-state index contributed by atoms with van der Waals surface area (Å²) in [5, 5.41) is 6.76. The summed E-state index contributed by atoms with van der Waals surface area (Å²) in [6, 6.07) is 8.43. The van der Waals surface area contributed by atoms with E-state index in [0.717, 1.165) is 11.7 Å². The largest absolute Gasteiger partial charge is 0.497 e. The van der Waals surface area contributed by atoms with Crippen LogP contribution in [-0.4, -0.2) is 81.4 Å². The van der Waals surface area contributed by atoms with Gasteiger partial charge in [0.2, 0.25) is 0 Å². The molecule has 0 spiro atoms. The molecule has 1 heterocycles. The van der Waals surface area contributed by atoms with E-state index in [2.05, 4.69) is 46.8 Å². The van der Waals surface area contributed by atoms with Gasteiger partial charge in [0.05, 0.1) is 19.2 Å². The molecule has 0 aliphatic carbocycles. The van der Waals surface area contributed by atoms with E-state index in [4.69, 9.17) is 9.47 Å². The molecule has 1 unspecified atom stereocenters. The number of rotatable bonds is 6. The van der Waals surface area contributed by atoms with E-state index in [9.17, 15) is 4.79 Å². The predicted octanol–water partition coefficient (Wildman–Crippen LogP) is 2.08. The number of benzene rings is 1. The number of carbonyl (C=O) groups excluding carboxylic acids is 1. The lowest BCUT2D eigenvalue weighted by Crippen LogP contribution is -2.63. The molecule has 1 saturated heterocycles. The number of hydrogen-bond donors (Lipinski definition) is 2. The Morgan fingerprint density at radius 2 is 1.90 bits per heavy atom. The van der Waals surface area contributed by atoms with Crippen molar-refractivity contribution in [2.75, 3.05) is 47.9 Å². The number of guanidine groups is 1. The maximum Gasteiger partial charge on any atom is 0.410 e. The van der Waals surface area contributed by atoms with Crippen molar-refractivity contribution in [2.45, 2.75) is 38.5 Å². The van der Waals surface area contributed by atoms with Crippen molar-refractivity contribution in [1.29, 1.82) is 0 Å². The number of nitrogens with zero attached hydrogens (tertiary/aromatic N) is 3. The van der Waals surface area contributed by atoms with Crippen LogP contribution >= 0.6 is 0 Å². The molecule has 1 aliphatic heterocycles. The number of likely N-dealkylation sites (tertiary alicyclic amines) is 1. The summed E-state index contributed by atoms with van der Waals surface area (Å²) in [6.07, 6.45) is -0.273. The van der Waals surface area contributed by atoms with Crippen LogP contribution < -0.4 is 15.4 Å². The van der Waals surface area contributed by atoms with Gasteiger partial charge in [-0.2, -0.15) is 0 Å². The predicted molar refractivity (Wildman–Crippen MR) is 116 cm³/mol. The van der Waals surface area contributed by atoms with Crippen molar-refractivity contribution in [3.05, 3.63) is 29.8 Å². The fourth-order valence-corrected chi connectivity index (χ4v) is 3.05. The molecule has 0 aromatic heterocycles. The number of carbonyl (C=O) groups is 1. The van der Waals surface area contributed by atoms with Crippen molar-refractivity contribution in [2.24, 2.45) is 4.99 Å². The van der Waals surface area contributed by atoms with Crippen molar-refractivity contribution in [1.82, 2.24) is 20.4 Å². The Labute approximate surface area is 174 Å². The summed E-state index contributed by atoms with van der Waals surface area (Å²) in [5.41, 5.74) is 0.717.